The fourth-order valence-electron chi connectivity index (χ4n) is 3.22. The van der Waals surface area contributed by atoms with E-state index in [0.29, 0.717) is 17.1 Å². The number of ether oxygens (including phenoxy) is 1. The van der Waals surface area contributed by atoms with Crippen molar-refractivity contribution in [2.75, 3.05) is 0 Å². The number of phenols is 1. The summed E-state index contributed by atoms with van der Waals surface area (Å²) in [6.45, 7) is 3.57. The molecule has 0 atom stereocenters. The lowest BCUT2D eigenvalue weighted by Crippen LogP contribution is -1.97. The van der Waals surface area contributed by atoms with Crippen LogP contribution in [0.3, 0.4) is 0 Å². The molecule has 0 aromatic heterocycles. The summed E-state index contributed by atoms with van der Waals surface area (Å²) in [5.41, 5.74) is 2.15. The lowest BCUT2D eigenvalue weighted by Gasteiger charge is -2.15. The van der Waals surface area contributed by atoms with Gasteiger partial charge in [0.15, 0.2) is 0 Å². The van der Waals surface area contributed by atoms with E-state index in [-0.39, 0.29) is 16.3 Å². The zero-order chi connectivity index (χ0) is 21.3. The van der Waals surface area contributed by atoms with Crippen LogP contribution in [0.15, 0.2) is 85.4 Å². The van der Waals surface area contributed by atoms with Crippen molar-refractivity contribution >= 4 is 33.9 Å². The second-order valence-electron chi connectivity index (χ2n) is 6.74. The summed E-state index contributed by atoms with van der Waals surface area (Å²) < 4.78 is 6.26. The normalized spacial score (nSPS) is 10.7. The number of carboxylic acids is 1. The number of phenolic OH excluding ortho intramolecular Hbond substituents is 1. The Hall–Kier alpha value is -3.76. The molecule has 0 saturated heterocycles. The summed E-state index contributed by atoms with van der Waals surface area (Å²) in [7, 11) is 0. The van der Waals surface area contributed by atoms with E-state index in [4.69, 9.17) is 21.4 Å². The molecule has 0 heterocycles. The Morgan fingerprint density at radius 2 is 1.67 bits per heavy atom. The number of aromatic hydroxyl groups is 1. The molecule has 4 aromatic rings. The van der Waals surface area contributed by atoms with E-state index in [1.807, 2.05) is 36.4 Å². The molecule has 4 rings (SSSR count). The molecule has 2 N–H and O–H groups in total. The number of hydrogen-bond donors (Lipinski definition) is 2. The van der Waals surface area contributed by atoms with Crippen molar-refractivity contribution in [1.82, 2.24) is 0 Å². The van der Waals surface area contributed by atoms with Crippen molar-refractivity contribution in [2.24, 2.45) is 0 Å². The van der Waals surface area contributed by atoms with Crippen LogP contribution in [-0.4, -0.2) is 16.2 Å². The van der Waals surface area contributed by atoms with E-state index < -0.39 is 5.97 Å². The first kappa shape index (κ1) is 19.6. The number of carbonyl (C=O) groups is 1. The maximum Gasteiger partial charge on any atom is 0.335 e. The molecule has 5 heteroatoms. The average Bonchev–Trinajstić information content (AvgIpc) is 2.76. The van der Waals surface area contributed by atoms with E-state index in [1.165, 1.54) is 0 Å². The first-order valence-electron chi connectivity index (χ1n) is 9.15. The van der Waals surface area contributed by atoms with Crippen molar-refractivity contribution in [2.45, 2.75) is 0 Å². The van der Waals surface area contributed by atoms with Gasteiger partial charge in [0.05, 0.1) is 10.6 Å². The van der Waals surface area contributed by atoms with Gasteiger partial charge in [-0.3, -0.25) is 0 Å². The Balaban J connectivity index is 1.81. The van der Waals surface area contributed by atoms with Gasteiger partial charge in [-0.1, -0.05) is 66.7 Å². The fraction of sp³-hybridized carbons (Fsp3) is 0. The number of fused-ring (bicyclic) bond motifs is 1. The molecule has 4 nitrogen and oxygen atoms in total. The van der Waals surface area contributed by atoms with Gasteiger partial charge in [-0.2, -0.15) is 0 Å². The quantitative estimate of drug-likeness (QED) is 0.353. The molecule has 0 unspecified atom stereocenters. The Morgan fingerprint density at radius 3 is 2.37 bits per heavy atom. The minimum absolute atomic E-state index is 0.0120. The van der Waals surface area contributed by atoms with E-state index in [0.717, 1.165) is 21.9 Å². The third-order valence-electron chi connectivity index (χ3n) is 4.82. The number of hydrogen-bond acceptors (Lipinski definition) is 3. The van der Waals surface area contributed by atoms with Crippen LogP contribution in [-0.2, 0) is 4.79 Å². The van der Waals surface area contributed by atoms with Crippen molar-refractivity contribution in [3.63, 3.8) is 0 Å². The molecule has 30 heavy (non-hydrogen) atoms. The average molecular weight is 417 g/mol. The summed E-state index contributed by atoms with van der Waals surface area (Å²) >= 11 is 6.12. The number of benzene rings is 4. The van der Waals surface area contributed by atoms with Gasteiger partial charge >= 0.3 is 5.97 Å². The van der Waals surface area contributed by atoms with Crippen LogP contribution in [0, 0.1) is 0 Å². The SMILES string of the molecule is C=C(C(=O)O)c1ccc(Oc2c(-c3ccc(O)c(Cl)c3)ccc3ccccc23)cc1. The topological polar surface area (TPSA) is 66.8 Å². The summed E-state index contributed by atoms with van der Waals surface area (Å²) in [5.74, 6) is 0.140. The highest BCUT2D eigenvalue weighted by molar-refractivity contribution is 6.32. The Bertz CT molecular complexity index is 1280. The Kier molecular flexibility index (Phi) is 5.17. The Labute approximate surface area is 178 Å². The minimum atomic E-state index is -1.07. The molecule has 0 aliphatic carbocycles. The third-order valence-corrected chi connectivity index (χ3v) is 5.12. The summed E-state index contributed by atoms with van der Waals surface area (Å²) in [6.07, 6.45) is 0. The Morgan fingerprint density at radius 1 is 0.933 bits per heavy atom. The van der Waals surface area contributed by atoms with Gasteiger partial charge in [-0.25, -0.2) is 4.79 Å². The molecule has 0 spiro atoms. The van der Waals surface area contributed by atoms with Crippen molar-refractivity contribution in [1.29, 1.82) is 0 Å². The van der Waals surface area contributed by atoms with E-state index >= 15 is 0 Å². The smallest absolute Gasteiger partial charge is 0.335 e. The van der Waals surface area contributed by atoms with Crippen molar-refractivity contribution in [3.8, 4) is 28.4 Å². The van der Waals surface area contributed by atoms with E-state index in [2.05, 4.69) is 6.58 Å². The lowest BCUT2D eigenvalue weighted by molar-refractivity contribution is -0.130. The highest BCUT2D eigenvalue weighted by atomic mass is 35.5. The van der Waals surface area contributed by atoms with Crippen molar-refractivity contribution in [3.05, 3.63) is 96.0 Å². The van der Waals surface area contributed by atoms with Gasteiger partial charge in [0, 0.05) is 10.9 Å². The van der Waals surface area contributed by atoms with Crippen LogP contribution in [0.25, 0.3) is 27.5 Å². The number of halogens is 1. The zero-order valence-electron chi connectivity index (χ0n) is 15.8. The first-order valence-corrected chi connectivity index (χ1v) is 9.53. The van der Waals surface area contributed by atoms with E-state index in [9.17, 15) is 9.90 Å². The predicted molar refractivity (Wildman–Crippen MR) is 119 cm³/mol. The first-order chi connectivity index (χ1) is 14.4. The van der Waals surface area contributed by atoms with Gasteiger partial charge in [0.2, 0.25) is 0 Å². The van der Waals surface area contributed by atoms with E-state index in [1.54, 1.807) is 42.5 Å². The third kappa shape index (κ3) is 3.73. The van der Waals surface area contributed by atoms with Crippen molar-refractivity contribution < 1.29 is 19.7 Å². The molecule has 0 saturated carbocycles. The monoisotopic (exact) mass is 416 g/mol. The zero-order valence-corrected chi connectivity index (χ0v) is 16.6. The standard InChI is InChI=1S/C25H17ClO4/c1-15(25(28)29)16-6-10-19(11-7-16)30-24-20-5-3-2-4-17(20)8-12-21(24)18-9-13-23(27)22(26)14-18/h2-14,27H,1H2,(H,28,29). The predicted octanol–water partition coefficient (Wildman–Crippen LogP) is 6.76. The lowest BCUT2D eigenvalue weighted by atomic mass is 9.99. The fourth-order valence-corrected chi connectivity index (χ4v) is 3.40. The second kappa shape index (κ2) is 7.93. The molecule has 4 aromatic carbocycles. The molecule has 0 aliphatic heterocycles. The van der Waals surface area contributed by atoms with Crippen LogP contribution >= 0.6 is 11.6 Å². The largest absolute Gasteiger partial charge is 0.506 e. The molecule has 0 amide bonds. The molecule has 148 valence electrons. The molecule has 0 bridgehead atoms. The number of carboxylic acid groups (broad SMARTS) is 1. The molecular weight excluding hydrogens is 400 g/mol. The van der Waals surface area contributed by atoms with Crippen LogP contribution in [0.1, 0.15) is 5.56 Å². The summed E-state index contributed by atoms with van der Waals surface area (Å²) in [6, 6.07) is 23.5. The van der Waals surface area contributed by atoms with Gasteiger partial charge in [-0.15, -0.1) is 0 Å². The second-order valence-corrected chi connectivity index (χ2v) is 7.15. The molecule has 0 radical (unpaired) electrons. The van der Waals surface area contributed by atoms with Gasteiger partial charge < -0.3 is 14.9 Å². The molecule has 0 fully saturated rings. The summed E-state index contributed by atoms with van der Waals surface area (Å²) in [4.78, 5) is 11.1. The summed E-state index contributed by atoms with van der Waals surface area (Å²) in [5, 5.41) is 21.0. The highest BCUT2D eigenvalue weighted by Gasteiger charge is 2.14. The van der Waals surface area contributed by atoms with Crippen LogP contribution in [0.4, 0.5) is 0 Å². The van der Waals surface area contributed by atoms with Gasteiger partial charge in [-0.05, 0) is 46.8 Å². The van der Waals surface area contributed by atoms with Crippen LogP contribution in [0.5, 0.6) is 17.2 Å². The minimum Gasteiger partial charge on any atom is -0.506 e. The number of aliphatic carboxylic acids is 1. The highest BCUT2D eigenvalue weighted by Crippen LogP contribution is 2.41. The molecule has 0 aliphatic rings. The van der Waals surface area contributed by atoms with Gasteiger partial charge in [0.1, 0.15) is 17.2 Å². The van der Waals surface area contributed by atoms with Crippen LogP contribution in [0.2, 0.25) is 5.02 Å². The van der Waals surface area contributed by atoms with Crippen LogP contribution < -0.4 is 4.74 Å². The number of rotatable bonds is 5. The molecular formula is C25H17ClO4. The van der Waals surface area contributed by atoms with Gasteiger partial charge in [0.25, 0.3) is 0 Å². The maximum absolute atomic E-state index is 11.1. The maximum atomic E-state index is 11.1.